The summed E-state index contributed by atoms with van der Waals surface area (Å²) >= 11 is 0. The summed E-state index contributed by atoms with van der Waals surface area (Å²) in [7, 11) is 1.62. The molecule has 2 aromatic carbocycles. The summed E-state index contributed by atoms with van der Waals surface area (Å²) in [5.41, 5.74) is 7.25. The van der Waals surface area contributed by atoms with Gasteiger partial charge in [-0.2, -0.15) is 8.78 Å². The lowest BCUT2D eigenvalue weighted by molar-refractivity contribution is -0.0498. The first-order valence-corrected chi connectivity index (χ1v) is 6.16. The number of hydrogen-bond donors (Lipinski definition) is 1. The van der Waals surface area contributed by atoms with E-state index < -0.39 is 6.61 Å². The average molecular weight is 292 g/mol. The molecule has 0 fully saturated rings. The van der Waals surface area contributed by atoms with E-state index in [1.807, 2.05) is 0 Å². The van der Waals surface area contributed by atoms with Crippen molar-refractivity contribution in [3.63, 3.8) is 0 Å². The normalized spacial score (nSPS) is 10.5. The Morgan fingerprint density at radius 2 is 1.67 bits per heavy atom. The monoisotopic (exact) mass is 292 g/mol. The minimum Gasteiger partial charge on any atom is -0.435 e. The molecule has 2 rings (SSSR count). The van der Waals surface area contributed by atoms with Crippen molar-refractivity contribution in [1.82, 2.24) is 0 Å². The van der Waals surface area contributed by atoms with Gasteiger partial charge in [-0.05, 0) is 48.5 Å². The Morgan fingerprint density at radius 1 is 1.10 bits per heavy atom. The van der Waals surface area contributed by atoms with Crippen LogP contribution in [0.25, 0.3) is 0 Å². The van der Waals surface area contributed by atoms with E-state index in [-0.39, 0.29) is 11.7 Å². The van der Waals surface area contributed by atoms with Gasteiger partial charge < -0.3 is 15.4 Å². The van der Waals surface area contributed by atoms with Crippen LogP contribution in [0.15, 0.2) is 48.5 Å². The van der Waals surface area contributed by atoms with Gasteiger partial charge >= 0.3 is 6.61 Å². The Morgan fingerprint density at radius 3 is 2.19 bits per heavy atom. The molecule has 0 bridgehead atoms. The van der Waals surface area contributed by atoms with Gasteiger partial charge in [-0.15, -0.1) is 0 Å². The van der Waals surface area contributed by atoms with E-state index in [9.17, 15) is 13.6 Å². The van der Waals surface area contributed by atoms with Crippen LogP contribution in [0.5, 0.6) is 5.75 Å². The number of benzene rings is 2. The van der Waals surface area contributed by atoms with Crippen molar-refractivity contribution in [3.05, 3.63) is 54.1 Å². The van der Waals surface area contributed by atoms with Crippen molar-refractivity contribution in [1.29, 1.82) is 0 Å². The predicted octanol–water partition coefficient (Wildman–Crippen LogP) is 3.15. The molecule has 4 nitrogen and oxygen atoms in total. The highest BCUT2D eigenvalue weighted by Gasteiger charge is 2.14. The van der Waals surface area contributed by atoms with E-state index >= 15 is 0 Å². The van der Waals surface area contributed by atoms with Crippen LogP contribution in [0, 0.1) is 0 Å². The number of nitrogens with zero attached hydrogens (tertiary/aromatic N) is 1. The number of hydrogen-bond acceptors (Lipinski definition) is 3. The second kappa shape index (κ2) is 6.21. The lowest BCUT2D eigenvalue weighted by Crippen LogP contribution is -2.26. The molecule has 0 aromatic heterocycles. The number of rotatable bonds is 4. The predicted molar refractivity (Wildman–Crippen MR) is 76.7 cm³/mol. The minimum atomic E-state index is -2.89. The summed E-state index contributed by atoms with van der Waals surface area (Å²) in [6.07, 6.45) is 0. The molecule has 0 saturated heterocycles. The number of nitrogens with two attached hydrogens (primary N) is 1. The number of carbonyl (C=O) groups excluding carboxylic acids is 1. The third kappa shape index (κ3) is 3.68. The number of nitrogen functional groups attached to an aromatic ring is 1. The fraction of sp³-hybridized carbons (Fsp3) is 0.133. The largest absolute Gasteiger partial charge is 0.435 e. The lowest BCUT2D eigenvalue weighted by atomic mass is 10.2. The molecule has 110 valence electrons. The first-order chi connectivity index (χ1) is 9.97. The summed E-state index contributed by atoms with van der Waals surface area (Å²) in [4.78, 5) is 13.7. The van der Waals surface area contributed by atoms with Crippen LogP contribution >= 0.6 is 0 Å². The highest BCUT2D eigenvalue weighted by Crippen LogP contribution is 2.19. The number of alkyl halides is 2. The molecule has 0 heterocycles. The van der Waals surface area contributed by atoms with Gasteiger partial charge in [-0.25, -0.2) is 0 Å². The summed E-state index contributed by atoms with van der Waals surface area (Å²) in [5.74, 6) is -0.250. The van der Waals surface area contributed by atoms with Gasteiger partial charge in [0, 0.05) is 24.0 Å². The van der Waals surface area contributed by atoms with E-state index in [4.69, 9.17) is 5.73 Å². The molecule has 0 aliphatic carbocycles. The molecule has 0 spiro atoms. The van der Waals surface area contributed by atoms with Gasteiger partial charge in [0.2, 0.25) is 0 Å². The second-order valence-electron chi connectivity index (χ2n) is 4.36. The Labute approximate surface area is 120 Å². The van der Waals surface area contributed by atoms with Crippen molar-refractivity contribution < 1.29 is 18.3 Å². The zero-order valence-corrected chi connectivity index (χ0v) is 11.3. The third-order valence-corrected chi connectivity index (χ3v) is 2.91. The van der Waals surface area contributed by atoms with Gasteiger partial charge in [-0.3, -0.25) is 4.79 Å². The molecule has 0 saturated carbocycles. The van der Waals surface area contributed by atoms with Crippen molar-refractivity contribution in [3.8, 4) is 5.75 Å². The van der Waals surface area contributed by atoms with Crippen molar-refractivity contribution >= 4 is 17.3 Å². The van der Waals surface area contributed by atoms with Crippen LogP contribution in [-0.4, -0.2) is 19.6 Å². The maximum atomic E-state index is 12.3. The summed E-state index contributed by atoms with van der Waals surface area (Å²) in [5, 5.41) is 0. The van der Waals surface area contributed by atoms with Crippen molar-refractivity contribution in [2.24, 2.45) is 0 Å². The van der Waals surface area contributed by atoms with Gasteiger partial charge in [0.05, 0.1) is 0 Å². The molecule has 0 radical (unpaired) electrons. The van der Waals surface area contributed by atoms with Crippen LogP contribution in [0.1, 0.15) is 10.4 Å². The second-order valence-corrected chi connectivity index (χ2v) is 4.36. The number of carbonyl (C=O) groups is 1. The molecule has 2 N–H and O–H groups in total. The van der Waals surface area contributed by atoms with Crippen molar-refractivity contribution in [2.75, 3.05) is 17.7 Å². The van der Waals surface area contributed by atoms with Crippen LogP contribution < -0.4 is 15.4 Å². The van der Waals surface area contributed by atoms with Crippen molar-refractivity contribution in [2.45, 2.75) is 6.61 Å². The number of anilines is 2. The molecular weight excluding hydrogens is 278 g/mol. The fourth-order valence-electron chi connectivity index (χ4n) is 1.79. The van der Waals surface area contributed by atoms with E-state index in [1.54, 1.807) is 31.3 Å². The maximum absolute atomic E-state index is 12.3. The summed E-state index contributed by atoms with van der Waals surface area (Å²) < 4.78 is 28.3. The molecule has 1 amide bonds. The SMILES string of the molecule is CN(C(=O)c1ccc(OC(F)F)cc1)c1ccc(N)cc1. The van der Waals surface area contributed by atoms with Crippen LogP contribution in [0.4, 0.5) is 20.2 Å². The van der Waals surface area contributed by atoms with Crippen LogP contribution in [0.2, 0.25) is 0 Å². The Bertz CT molecular complexity index is 613. The van der Waals surface area contributed by atoms with Crippen LogP contribution in [-0.2, 0) is 0 Å². The van der Waals surface area contributed by atoms with Gasteiger partial charge in [-0.1, -0.05) is 0 Å². The topological polar surface area (TPSA) is 55.6 Å². The highest BCUT2D eigenvalue weighted by molar-refractivity contribution is 6.05. The molecule has 0 aliphatic heterocycles. The summed E-state index contributed by atoms with van der Waals surface area (Å²) in [6.45, 7) is -2.89. The van der Waals surface area contributed by atoms with Gasteiger partial charge in [0.25, 0.3) is 5.91 Å². The quantitative estimate of drug-likeness (QED) is 0.881. The molecule has 6 heteroatoms. The zero-order chi connectivity index (χ0) is 15.4. The molecule has 21 heavy (non-hydrogen) atoms. The summed E-state index contributed by atoms with van der Waals surface area (Å²) in [6, 6.07) is 12.4. The zero-order valence-electron chi connectivity index (χ0n) is 11.3. The van der Waals surface area contributed by atoms with E-state index in [0.29, 0.717) is 16.9 Å². The molecule has 0 aliphatic rings. The lowest BCUT2D eigenvalue weighted by Gasteiger charge is -2.17. The first-order valence-electron chi connectivity index (χ1n) is 6.16. The fourth-order valence-corrected chi connectivity index (χ4v) is 1.79. The van der Waals surface area contributed by atoms with E-state index in [1.165, 1.54) is 29.2 Å². The molecule has 0 atom stereocenters. The third-order valence-electron chi connectivity index (χ3n) is 2.91. The molecule has 0 unspecified atom stereocenters. The average Bonchev–Trinajstić information content (AvgIpc) is 2.47. The Kier molecular flexibility index (Phi) is 4.37. The van der Waals surface area contributed by atoms with Gasteiger partial charge in [0.1, 0.15) is 5.75 Å². The Hall–Kier alpha value is -2.63. The smallest absolute Gasteiger partial charge is 0.387 e. The standard InChI is InChI=1S/C15H14F2N2O2/c1-19(12-6-4-11(18)5-7-12)14(20)10-2-8-13(9-3-10)21-15(16)17/h2-9,15H,18H2,1H3. The van der Waals surface area contributed by atoms with E-state index in [0.717, 1.165) is 0 Å². The first kappa shape index (κ1) is 14.8. The highest BCUT2D eigenvalue weighted by atomic mass is 19.3. The number of ether oxygens (including phenoxy) is 1. The maximum Gasteiger partial charge on any atom is 0.387 e. The Balaban J connectivity index is 2.13. The van der Waals surface area contributed by atoms with E-state index in [2.05, 4.69) is 4.74 Å². The van der Waals surface area contributed by atoms with Crippen LogP contribution in [0.3, 0.4) is 0 Å². The number of halogens is 2. The molecular formula is C15H14F2N2O2. The number of amides is 1. The van der Waals surface area contributed by atoms with Gasteiger partial charge in [0.15, 0.2) is 0 Å². The molecule has 2 aromatic rings. The minimum absolute atomic E-state index is 0.0108.